The number of benzene rings is 1. The largest absolute Gasteiger partial charge is 0.478 e. The van der Waals surface area contributed by atoms with Crippen LogP contribution < -0.4 is 4.90 Å². The number of carbonyl (C=O) groups is 1. The molecule has 0 radical (unpaired) electrons. The van der Waals surface area contributed by atoms with E-state index in [-0.39, 0.29) is 0 Å². The molecule has 3 nitrogen and oxygen atoms in total. The number of rotatable bonds is 6. The summed E-state index contributed by atoms with van der Waals surface area (Å²) in [5.41, 5.74) is 1.97. The highest BCUT2D eigenvalue weighted by Gasteiger charge is 2.02. The highest BCUT2D eigenvalue weighted by atomic mass is 35.5. The van der Waals surface area contributed by atoms with E-state index in [0.717, 1.165) is 30.4 Å². The van der Waals surface area contributed by atoms with Gasteiger partial charge in [0.25, 0.3) is 0 Å². The SMILES string of the molecule is CCN(CCCl)c1ccc(C=CC(=O)O)cc1. The monoisotopic (exact) mass is 253 g/mol. The number of halogens is 1. The molecule has 0 saturated heterocycles. The molecule has 0 amide bonds. The highest BCUT2D eigenvalue weighted by molar-refractivity contribution is 6.18. The van der Waals surface area contributed by atoms with Crippen molar-refractivity contribution >= 4 is 29.3 Å². The maximum atomic E-state index is 10.4. The summed E-state index contributed by atoms with van der Waals surface area (Å²) in [5, 5.41) is 8.52. The van der Waals surface area contributed by atoms with Crippen molar-refractivity contribution in [2.45, 2.75) is 6.92 Å². The third-order valence-corrected chi connectivity index (χ3v) is 2.58. The molecule has 0 saturated carbocycles. The first-order chi connectivity index (χ1) is 8.17. The molecule has 0 aromatic heterocycles. The molecule has 1 aromatic carbocycles. The molecular weight excluding hydrogens is 238 g/mol. The van der Waals surface area contributed by atoms with Crippen LogP contribution in [0.15, 0.2) is 30.3 Å². The van der Waals surface area contributed by atoms with Gasteiger partial charge < -0.3 is 10.0 Å². The van der Waals surface area contributed by atoms with Gasteiger partial charge in [0.05, 0.1) is 0 Å². The van der Waals surface area contributed by atoms with Crippen molar-refractivity contribution in [2.24, 2.45) is 0 Å². The summed E-state index contributed by atoms with van der Waals surface area (Å²) >= 11 is 5.72. The lowest BCUT2D eigenvalue weighted by Gasteiger charge is -2.21. The number of carboxylic acid groups (broad SMARTS) is 1. The van der Waals surface area contributed by atoms with E-state index in [1.54, 1.807) is 6.08 Å². The Balaban J connectivity index is 2.76. The summed E-state index contributed by atoms with van der Waals surface area (Å²) in [4.78, 5) is 12.5. The summed E-state index contributed by atoms with van der Waals surface area (Å²) in [6.07, 6.45) is 2.70. The summed E-state index contributed by atoms with van der Waals surface area (Å²) in [7, 11) is 0. The number of aliphatic carboxylic acids is 1. The Labute approximate surface area is 106 Å². The second kappa shape index (κ2) is 6.97. The second-order valence-corrected chi connectivity index (χ2v) is 3.91. The van der Waals surface area contributed by atoms with Gasteiger partial charge in [-0.2, -0.15) is 0 Å². The fourth-order valence-electron chi connectivity index (χ4n) is 1.54. The quantitative estimate of drug-likeness (QED) is 0.626. The Hall–Kier alpha value is -1.48. The van der Waals surface area contributed by atoms with Crippen LogP contribution in [0.4, 0.5) is 5.69 Å². The summed E-state index contributed by atoms with van der Waals surface area (Å²) < 4.78 is 0. The number of alkyl halides is 1. The van der Waals surface area contributed by atoms with E-state index < -0.39 is 5.97 Å². The van der Waals surface area contributed by atoms with Crippen molar-refractivity contribution in [1.82, 2.24) is 0 Å². The minimum atomic E-state index is -0.939. The lowest BCUT2D eigenvalue weighted by Crippen LogP contribution is -2.24. The van der Waals surface area contributed by atoms with Gasteiger partial charge in [-0.3, -0.25) is 0 Å². The zero-order chi connectivity index (χ0) is 12.7. The van der Waals surface area contributed by atoms with E-state index in [2.05, 4.69) is 11.8 Å². The normalized spacial score (nSPS) is 10.7. The third kappa shape index (κ3) is 4.49. The number of anilines is 1. The lowest BCUT2D eigenvalue weighted by atomic mass is 10.2. The number of hydrogen-bond acceptors (Lipinski definition) is 2. The van der Waals surface area contributed by atoms with Crippen molar-refractivity contribution in [3.8, 4) is 0 Å². The molecule has 1 rings (SSSR count). The highest BCUT2D eigenvalue weighted by Crippen LogP contribution is 2.15. The molecule has 0 spiro atoms. The van der Waals surface area contributed by atoms with E-state index >= 15 is 0 Å². The molecule has 92 valence electrons. The van der Waals surface area contributed by atoms with E-state index in [1.165, 1.54) is 0 Å². The molecule has 0 fully saturated rings. The molecule has 0 heterocycles. The zero-order valence-corrected chi connectivity index (χ0v) is 10.5. The molecular formula is C13H16ClNO2. The maximum absolute atomic E-state index is 10.4. The number of nitrogens with zero attached hydrogens (tertiary/aromatic N) is 1. The van der Waals surface area contributed by atoms with E-state index in [4.69, 9.17) is 16.7 Å². The fraction of sp³-hybridized carbons (Fsp3) is 0.308. The van der Waals surface area contributed by atoms with Crippen LogP contribution >= 0.6 is 11.6 Å². The first-order valence-corrected chi connectivity index (χ1v) is 6.02. The summed E-state index contributed by atoms with van der Waals surface area (Å²) in [5.74, 6) is -0.347. The Morgan fingerprint density at radius 3 is 2.53 bits per heavy atom. The Morgan fingerprint density at radius 1 is 1.41 bits per heavy atom. The van der Waals surface area contributed by atoms with Gasteiger partial charge in [-0.05, 0) is 30.7 Å². The van der Waals surface area contributed by atoms with Gasteiger partial charge in [-0.1, -0.05) is 12.1 Å². The molecule has 0 aliphatic carbocycles. The molecule has 0 unspecified atom stereocenters. The van der Waals surface area contributed by atoms with E-state index in [9.17, 15) is 4.79 Å². The van der Waals surface area contributed by atoms with Crippen LogP contribution in [0.3, 0.4) is 0 Å². The van der Waals surface area contributed by atoms with Gasteiger partial charge in [-0.25, -0.2) is 4.79 Å². The first kappa shape index (κ1) is 13.6. The van der Waals surface area contributed by atoms with Gasteiger partial charge >= 0.3 is 5.97 Å². The average Bonchev–Trinajstić information content (AvgIpc) is 2.34. The molecule has 0 aliphatic heterocycles. The summed E-state index contributed by atoms with van der Waals surface area (Å²) in [6.45, 7) is 3.78. The Bertz CT molecular complexity index is 387. The predicted octanol–water partition coefficient (Wildman–Crippen LogP) is 2.85. The van der Waals surface area contributed by atoms with Crippen molar-refractivity contribution < 1.29 is 9.90 Å². The van der Waals surface area contributed by atoms with Gasteiger partial charge in [0.15, 0.2) is 0 Å². The molecule has 0 atom stereocenters. The Kier molecular flexibility index (Phi) is 5.57. The van der Waals surface area contributed by atoms with Crippen LogP contribution in [0.25, 0.3) is 6.08 Å². The van der Waals surface area contributed by atoms with Crippen molar-refractivity contribution in [1.29, 1.82) is 0 Å². The number of hydrogen-bond donors (Lipinski definition) is 1. The van der Waals surface area contributed by atoms with Crippen molar-refractivity contribution in [3.05, 3.63) is 35.9 Å². The molecule has 0 aliphatic rings. The molecule has 1 N–H and O–H groups in total. The van der Waals surface area contributed by atoms with Gasteiger partial charge in [0.2, 0.25) is 0 Å². The topological polar surface area (TPSA) is 40.5 Å². The van der Waals surface area contributed by atoms with Crippen LogP contribution in [0.5, 0.6) is 0 Å². The first-order valence-electron chi connectivity index (χ1n) is 5.49. The number of carboxylic acids is 1. The smallest absolute Gasteiger partial charge is 0.328 e. The van der Waals surface area contributed by atoms with E-state index in [1.807, 2.05) is 24.3 Å². The molecule has 1 aromatic rings. The second-order valence-electron chi connectivity index (χ2n) is 3.53. The maximum Gasteiger partial charge on any atom is 0.328 e. The average molecular weight is 254 g/mol. The van der Waals surface area contributed by atoms with Crippen LogP contribution in [0, 0.1) is 0 Å². The Morgan fingerprint density at radius 2 is 2.06 bits per heavy atom. The van der Waals surface area contributed by atoms with Gasteiger partial charge in [0.1, 0.15) is 0 Å². The van der Waals surface area contributed by atoms with Crippen LogP contribution in [0.1, 0.15) is 12.5 Å². The fourth-order valence-corrected chi connectivity index (χ4v) is 1.74. The van der Waals surface area contributed by atoms with Gasteiger partial charge in [-0.15, -0.1) is 11.6 Å². The molecule has 4 heteroatoms. The van der Waals surface area contributed by atoms with Crippen molar-refractivity contribution in [2.75, 3.05) is 23.9 Å². The van der Waals surface area contributed by atoms with Crippen LogP contribution in [-0.4, -0.2) is 30.0 Å². The molecule has 17 heavy (non-hydrogen) atoms. The van der Waals surface area contributed by atoms with Gasteiger partial charge in [0, 0.05) is 30.7 Å². The van der Waals surface area contributed by atoms with Crippen molar-refractivity contribution in [3.63, 3.8) is 0 Å². The van der Waals surface area contributed by atoms with Crippen LogP contribution in [0.2, 0.25) is 0 Å². The standard InChI is InChI=1S/C13H16ClNO2/c1-2-15(10-9-14)12-6-3-11(4-7-12)5-8-13(16)17/h3-8H,2,9-10H2,1H3,(H,16,17). The molecule has 0 bridgehead atoms. The minimum Gasteiger partial charge on any atom is -0.478 e. The summed E-state index contributed by atoms with van der Waals surface area (Å²) in [6, 6.07) is 7.73. The third-order valence-electron chi connectivity index (χ3n) is 2.41. The minimum absolute atomic E-state index is 0.592. The van der Waals surface area contributed by atoms with Crippen LogP contribution in [-0.2, 0) is 4.79 Å². The zero-order valence-electron chi connectivity index (χ0n) is 9.77. The predicted molar refractivity (Wildman–Crippen MR) is 71.7 cm³/mol. The lowest BCUT2D eigenvalue weighted by molar-refractivity contribution is -0.131. The van der Waals surface area contributed by atoms with E-state index in [0.29, 0.717) is 5.88 Å².